The van der Waals surface area contributed by atoms with Gasteiger partial charge in [-0.2, -0.15) is 0 Å². The number of unbranched alkanes of at least 4 members (excludes halogenated alkanes) is 1. The zero-order chi connectivity index (χ0) is 14.8. The molecule has 0 heterocycles. The minimum atomic E-state index is 0.423. The van der Waals surface area contributed by atoms with Gasteiger partial charge in [0.05, 0.1) is 0 Å². The van der Waals surface area contributed by atoms with Crippen LogP contribution in [-0.2, 0) is 6.42 Å². The third kappa shape index (κ3) is 6.09. The van der Waals surface area contributed by atoms with Gasteiger partial charge in [0.2, 0.25) is 0 Å². The van der Waals surface area contributed by atoms with Crippen molar-refractivity contribution in [3.05, 3.63) is 35.9 Å². The Kier molecular flexibility index (Phi) is 7.91. The standard InChI is InChI=1S/C19H33N/c1-5-7-13-19(6-2,16-20-15-17(3)4)14-18-11-9-8-10-12-18/h8-12,17,20H,5-7,13-16H2,1-4H3. The summed E-state index contributed by atoms with van der Waals surface area (Å²) in [5, 5.41) is 3.71. The predicted molar refractivity (Wildman–Crippen MR) is 90.1 cm³/mol. The van der Waals surface area contributed by atoms with Crippen LogP contribution in [0.25, 0.3) is 0 Å². The maximum absolute atomic E-state index is 3.71. The Labute approximate surface area is 126 Å². The van der Waals surface area contributed by atoms with E-state index in [4.69, 9.17) is 0 Å². The molecule has 1 heteroatoms. The van der Waals surface area contributed by atoms with Crippen LogP contribution in [0.15, 0.2) is 30.3 Å². The van der Waals surface area contributed by atoms with Crippen molar-refractivity contribution in [2.24, 2.45) is 11.3 Å². The molecule has 0 fully saturated rings. The van der Waals surface area contributed by atoms with Crippen molar-refractivity contribution in [2.75, 3.05) is 13.1 Å². The summed E-state index contributed by atoms with van der Waals surface area (Å²) in [6.07, 6.45) is 6.42. The lowest BCUT2D eigenvalue weighted by Crippen LogP contribution is -2.37. The fraction of sp³-hybridized carbons (Fsp3) is 0.684. The monoisotopic (exact) mass is 275 g/mol. The molecule has 0 aliphatic heterocycles. The van der Waals surface area contributed by atoms with Crippen molar-refractivity contribution in [1.82, 2.24) is 5.32 Å². The highest BCUT2D eigenvalue weighted by molar-refractivity contribution is 5.16. The molecule has 0 aliphatic carbocycles. The fourth-order valence-corrected chi connectivity index (χ4v) is 2.87. The summed E-state index contributed by atoms with van der Waals surface area (Å²) < 4.78 is 0. The average Bonchev–Trinajstić information content (AvgIpc) is 2.45. The van der Waals surface area contributed by atoms with Gasteiger partial charge in [-0.05, 0) is 42.7 Å². The molecule has 1 atom stereocenters. The summed E-state index contributed by atoms with van der Waals surface area (Å²) in [4.78, 5) is 0. The van der Waals surface area contributed by atoms with Gasteiger partial charge in [0.15, 0.2) is 0 Å². The van der Waals surface area contributed by atoms with Gasteiger partial charge < -0.3 is 5.32 Å². The van der Waals surface area contributed by atoms with Crippen molar-refractivity contribution in [1.29, 1.82) is 0 Å². The van der Waals surface area contributed by atoms with E-state index in [1.54, 1.807) is 0 Å². The van der Waals surface area contributed by atoms with Crippen molar-refractivity contribution < 1.29 is 0 Å². The van der Waals surface area contributed by atoms with Crippen LogP contribution in [-0.4, -0.2) is 13.1 Å². The molecule has 1 nitrogen and oxygen atoms in total. The average molecular weight is 275 g/mol. The molecule has 114 valence electrons. The Bertz CT molecular complexity index is 344. The van der Waals surface area contributed by atoms with Gasteiger partial charge in [0.1, 0.15) is 0 Å². The summed E-state index contributed by atoms with van der Waals surface area (Å²) in [6, 6.07) is 11.0. The van der Waals surface area contributed by atoms with Crippen molar-refractivity contribution >= 4 is 0 Å². The summed E-state index contributed by atoms with van der Waals surface area (Å²) in [6.45, 7) is 11.5. The molecule has 0 amide bonds. The highest BCUT2D eigenvalue weighted by Gasteiger charge is 2.27. The van der Waals surface area contributed by atoms with Crippen LogP contribution in [0.1, 0.15) is 58.9 Å². The number of nitrogens with one attached hydrogen (secondary N) is 1. The third-order valence-electron chi connectivity index (χ3n) is 4.29. The highest BCUT2D eigenvalue weighted by atomic mass is 14.9. The van der Waals surface area contributed by atoms with Gasteiger partial charge in [-0.1, -0.05) is 70.9 Å². The molecule has 1 N–H and O–H groups in total. The molecule has 1 unspecified atom stereocenters. The molecular weight excluding hydrogens is 242 g/mol. The topological polar surface area (TPSA) is 12.0 Å². The molecule has 0 saturated heterocycles. The molecule has 20 heavy (non-hydrogen) atoms. The first-order chi connectivity index (χ1) is 9.62. The largest absolute Gasteiger partial charge is 0.316 e. The predicted octanol–water partition coefficient (Wildman–Crippen LogP) is 5.06. The second-order valence-corrected chi connectivity index (χ2v) is 6.64. The Morgan fingerprint density at radius 2 is 1.80 bits per heavy atom. The summed E-state index contributed by atoms with van der Waals surface area (Å²) >= 11 is 0. The Morgan fingerprint density at radius 3 is 2.35 bits per heavy atom. The van der Waals surface area contributed by atoms with Crippen molar-refractivity contribution in [2.45, 2.75) is 59.8 Å². The Balaban J connectivity index is 2.70. The van der Waals surface area contributed by atoms with Gasteiger partial charge in [-0.3, -0.25) is 0 Å². The SMILES string of the molecule is CCCCC(CC)(CNCC(C)C)Cc1ccccc1. The van der Waals surface area contributed by atoms with E-state index in [1.165, 1.54) is 37.7 Å². The molecule has 0 saturated carbocycles. The molecule has 0 aromatic heterocycles. The van der Waals surface area contributed by atoms with Crippen molar-refractivity contribution in [3.63, 3.8) is 0 Å². The molecule has 0 bridgehead atoms. The van der Waals surface area contributed by atoms with Gasteiger partial charge in [0, 0.05) is 6.54 Å². The minimum Gasteiger partial charge on any atom is -0.316 e. The maximum atomic E-state index is 3.71. The van der Waals surface area contributed by atoms with E-state index >= 15 is 0 Å². The molecular formula is C19H33N. The van der Waals surface area contributed by atoms with Gasteiger partial charge in [-0.15, -0.1) is 0 Å². The maximum Gasteiger partial charge on any atom is 0.00110 e. The number of rotatable bonds is 10. The van der Waals surface area contributed by atoms with Crippen LogP contribution in [0.3, 0.4) is 0 Å². The number of hydrogen-bond acceptors (Lipinski definition) is 1. The van der Waals surface area contributed by atoms with Crippen molar-refractivity contribution in [3.8, 4) is 0 Å². The Morgan fingerprint density at radius 1 is 1.10 bits per heavy atom. The van der Waals surface area contributed by atoms with E-state index in [-0.39, 0.29) is 0 Å². The smallest absolute Gasteiger partial charge is 0.00110 e. The zero-order valence-corrected chi connectivity index (χ0v) is 13.9. The third-order valence-corrected chi connectivity index (χ3v) is 4.29. The first-order valence-corrected chi connectivity index (χ1v) is 8.36. The fourth-order valence-electron chi connectivity index (χ4n) is 2.87. The van der Waals surface area contributed by atoms with Crippen LogP contribution in [0, 0.1) is 11.3 Å². The molecule has 0 radical (unpaired) electrons. The zero-order valence-electron chi connectivity index (χ0n) is 13.9. The second kappa shape index (κ2) is 9.18. The van der Waals surface area contributed by atoms with E-state index in [0.29, 0.717) is 5.41 Å². The van der Waals surface area contributed by atoms with Gasteiger partial charge >= 0.3 is 0 Å². The van der Waals surface area contributed by atoms with E-state index in [9.17, 15) is 0 Å². The lowest BCUT2D eigenvalue weighted by Gasteiger charge is -2.34. The molecule has 1 aromatic carbocycles. The van der Waals surface area contributed by atoms with Crippen LogP contribution in [0.5, 0.6) is 0 Å². The van der Waals surface area contributed by atoms with Crippen LogP contribution >= 0.6 is 0 Å². The molecule has 0 spiro atoms. The van der Waals surface area contributed by atoms with E-state index in [2.05, 4.69) is 63.3 Å². The first kappa shape index (κ1) is 17.2. The Hall–Kier alpha value is -0.820. The lowest BCUT2D eigenvalue weighted by atomic mass is 9.75. The highest BCUT2D eigenvalue weighted by Crippen LogP contribution is 2.32. The van der Waals surface area contributed by atoms with Gasteiger partial charge in [-0.25, -0.2) is 0 Å². The van der Waals surface area contributed by atoms with E-state index in [0.717, 1.165) is 19.0 Å². The van der Waals surface area contributed by atoms with E-state index in [1.807, 2.05) is 0 Å². The van der Waals surface area contributed by atoms with Crippen LogP contribution in [0.4, 0.5) is 0 Å². The lowest BCUT2D eigenvalue weighted by molar-refractivity contribution is 0.226. The number of benzene rings is 1. The van der Waals surface area contributed by atoms with E-state index < -0.39 is 0 Å². The molecule has 1 rings (SSSR count). The second-order valence-electron chi connectivity index (χ2n) is 6.64. The summed E-state index contributed by atoms with van der Waals surface area (Å²) in [7, 11) is 0. The number of hydrogen-bond donors (Lipinski definition) is 1. The summed E-state index contributed by atoms with van der Waals surface area (Å²) in [5.41, 5.74) is 1.91. The summed E-state index contributed by atoms with van der Waals surface area (Å²) in [5.74, 6) is 0.729. The minimum absolute atomic E-state index is 0.423. The van der Waals surface area contributed by atoms with Crippen LogP contribution < -0.4 is 5.32 Å². The van der Waals surface area contributed by atoms with Crippen LogP contribution in [0.2, 0.25) is 0 Å². The molecule has 0 aliphatic rings. The molecule has 1 aromatic rings. The quantitative estimate of drug-likeness (QED) is 0.629. The van der Waals surface area contributed by atoms with Gasteiger partial charge in [0.25, 0.3) is 0 Å². The first-order valence-electron chi connectivity index (χ1n) is 8.36. The normalized spacial score (nSPS) is 14.4.